The Bertz CT molecular complexity index is 229. The number of rotatable bonds is 6. The van der Waals surface area contributed by atoms with Crippen LogP contribution in [0.25, 0.3) is 0 Å². The molecule has 4 heteroatoms. The van der Waals surface area contributed by atoms with Crippen LogP contribution in [0.15, 0.2) is 0 Å². The first-order valence-electron chi connectivity index (χ1n) is 6.83. The van der Waals surface area contributed by atoms with Crippen molar-refractivity contribution in [3.05, 3.63) is 0 Å². The second-order valence-electron chi connectivity index (χ2n) is 4.88. The van der Waals surface area contributed by atoms with Crippen molar-refractivity contribution in [2.24, 2.45) is 5.73 Å². The number of hydrogen-bond donors (Lipinski definition) is 2. The molecule has 0 aromatic heterocycles. The second kappa shape index (κ2) is 7.67. The Balaban J connectivity index is 2.22. The largest absolute Gasteiger partial charge is 0.367 e. The zero-order valence-corrected chi connectivity index (χ0v) is 11.1. The van der Waals surface area contributed by atoms with Crippen LogP contribution in [-0.4, -0.2) is 30.7 Å². The van der Waals surface area contributed by atoms with Gasteiger partial charge in [-0.1, -0.05) is 26.7 Å². The molecule has 0 bridgehead atoms. The van der Waals surface area contributed by atoms with Crippen LogP contribution in [-0.2, 0) is 9.53 Å². The summed E-state index contributed by atoms with van der Waals surface area (Å²) in [7, 11) is 0. The second-order valence-corrected chi connectivity index (χ2v) is 4.88. The van der Waals surface area contributed by atoms with Crippen LogP contribution < -0.4 is 11.1 Å². The average Bonchev–Trinajstić information content (AvgIpc) is 2.35. The minimum atomic E-state index is -0.0172. The Morgan fingerprint density at radius 1 is 1.35 bits per heavy atom. The van der Waals surface area contributed by atoms with Crippen molar-refractivity contribution in [2.75, 3.05) is 6.61 Å². The molecule has 0 aromatic rings. The van der Waals surface area contributed by atoms with E-state index >= 15 is 0 Å². The monoisotopic (exact) mass is 242 g/mol. The first-order chi connectivity index (χ1) is 8.17. The zero-order chi connectivity index (χ0) is 12.7. The highest BCUT2D eigenvalue weighted by Gasteiger charge is 2.23. The summed E-state index contributed by atoms with van der Waals surface area (Å²) in [4.78, 5) is 11.6. The van der Waals surface area contributed by atoms with Crippen LogP contribution in [0.5, 0.6) is 0 Å². The quantitative estimate of drug-likeness (QED) is 0.743. The number of nitrogens with two attached hydrogens (primary N) is 1. The van der Waals surface area contributed by atoms with Gasteiger partial charge in [0.25, 0.3) is 0 Å². The molecule has 0 heterocycles. The predicted molar refractivity (Wildman–Crippen MR) is 68.7 cm³/mol. The maximum atomic E-state index is 11.6. The van der Waals surface area contributed by atoms with Gasteiger partial charge in [0.05, 0.1) is 6.10 Å². The summed E-state index contributed by atoms with van der Waals surface area (Å²) in [6, 6.07) is 0.371. The molecule has 1 saturated carbocycles. The van der Waals surface area contributed by atoms with Crippen molar-refractivity contribution in [2.45, 2.75) is 70.6 Å². The molecule has 4 nitrogen and oxygen atoms in total. The molecular weight excluding hydrogens is 216 g/mol. The zero-order valence-electron chi connectivity index (χ0n) is 11.1. The van der Waals surface area contributed by atoms with E-state index in [0.29, 0.717) is 0 Å². The fourth-order valence-electron chi connectivity index (χ4n) is 2.28. The Morgan fingerprint density at radius 2 is 2.00 bits per heavy atom. The van der Waals surface area contributed by atoms with Gasteiger partial charge in [-0.25, -0.2) is 0 Å². The van der Waals surface area contributed by atoms with E-state index in [-0.39, 0.29) is 30.7 Å². The summed E-state index contributed by atoms with van der Waals surface area (Å²) < 4.78 is 5.61. The number of nitrogens with one attached hydrogen (secondary N) is 1. The van der Waals surface area contributed by atoms with E-state index in [2.05, 4.69) is 19.2 Å². The molecule has 1 fully saturated rings. The van der Waals surface area contributed by atoms with Crippen LogP contribution in [0.1, 0.15) is 52.4 Å². The maximum absolute atomic E-state index is 11.6. The molecular formula is C13H26N2O2. The van der Waals surface area contributed by atoms with E-state index in [1.54, 1.807) is 0 Å². The Hall–Kier alpha value is -0.610. The number of ether oxygens (including phenoxy) is 1. The summed E-state index contributed by atoms with van der Waals surface area (Å²) in [6.45, 7) is 4.30. The van der Waals surface area contributed by atoms with Crippen LogP contribution in [0, 0.1) is 0 Å². The molecule has 1 aliphatic rings. The molecule has 1 aliphatic carbocycles. The van der Waals surface area contributed by atoms with Crippen LogP contribution in [0.3, 0.4) is 0 Å². The summed E-state index contributed by atoms with van der Waals surface area (Å²) in [6.07, 6.45) is 6.33. The van der Waals surface area contributed by atoms with E-state index < -0.39 is 0 Å². The molecule has 3 N–H and O–H groups in total. The van der Waals surface area contributed by atoms with Gasteiger partial charge in [-0.2, -0.15) is 0 Å². The Morgan fingerprint density at radius 3 is 2.59 bits per heavy atom. The maximum Gasteiger partial charge on any atom is 0.246 e. The Kier molecular flexibility index (Phi) is 6.52. The van der Waals surface area contributed by atoms with Crippen LogP contribution in [0.2, 0.25) is 0 Å². The smallest absolute Gasteiger partial charge is 0.246 e. The molecule has 1 rings (SSSR count). The van der Waals surface area contributed by atoms with Gasteiger partial charge in [-0.05, 0) is 25.7 Å². The van der Waals surface area contributed by atoms with E-state index in [1.807, 2.05) is 0 Å². The third-order valence-corrected chi connectivity index (χ3v) is 3.53. The first kappa shape index (κ1) is 14.5. The summed E-state index contributed by atoms with van der Waals surface area (Å²) >= 11 is 0. The van der Waals surface area contributed by atoms with E-state index in [4.69, 9.17) is 10.5 Å². The van der Waals surface area contributed by atoms with Crippen molar-refractivity contribution in [1.29, 1.82) is 0 Å². The lowest BCUT2D eigenvalue weighted by Crippen LogP contribution is -2.43. The molecule has 0 spiro atoms. The Labute approximate surface area is 104 Å². The summed E-state index contributed by atoms with van der Waals surface area (Å²) in [5.74, 6) is -0.0172. The van der Waals surface area contributed by atoms with E-state index in [9.17, 15) is 4.79 Å². The number of carbonyl (C=O) groups excluding carboxylic acids is 1. The van der Waals surface area contributed by atoms with Crippen molar-refractivity contribution in [3.8, 4) is 0 Å². The summed E-state index contributed by atoms with van der Waals surface area (Å²) in [5, 5.41) is 2.97. The first-order valence-corrected chi connectivity index (χ1v) is 6.83. The normalized spacial score (nSPS) is 24.9. The number of carbonyl (C=O) groups is 1. The number of amides is 1. The van der Waals surface area contributed by atoms with Gasteiger partial charge >= 0.3 is 0 Å². The molecule has 0 saturated heterocycles. The molecule has 0 radical (unpaired) electrons. The fourth-order valence-corrected chi connectivity index (χ4v) is 2.28. The van der Waals surface area contributed by atoms with Gasteiger partial charge in [-0.15, -0.1) is 0 Å². The van der Waals surface area contributed by atoms with Gasteiger partial charge in [0, 0.05) is 12.1 Å². The van der Waals surface area contributed by atoms with E-state index in [0.717, 1.165) is 32.1 Å². The molecule has 0 aliphatic heterocycles. The van der Waals surface area contributed by atoms with Gasteiger partial charge in [0.1, 0.15) is 6.61 Å². The molecule has 100 valence electrons. The highest BCUT2D eigenvalue weighted by atomic mass is 16.5. The van der Waals surface area contributed by atoms with Crippen molar-refractivity contribution < 1.29 is 9.53 Å². The van der Waals surface area contributed by atoms with Crippen molar-refractivity contribution >= 4 is 5.91 Å². The lowest BCUT2D eigenvalue weighted by molar-refractivity contribution is -0.129. The lowest BCUT2D eigenvalue weighted by atomic mass is 9.93. The van der Waals surface area contributed by atoms with E-state index in [1.165, 1.54) is 6.42 Å². The van der Waals surface area contributed by atoms with Gasteiger partial charge in [0.15, 0.2) is 0 Å². The fraction of sp³-hybridized carbons (Fsp3) is 0.923. The SMILES string of the molecule is CCC(CC)NC(=O)COC1CCCCC1N. The molecule has 2 unspecified atom stereocenters. The topological polar surface area (TPSA) is 64.3 Å². The third-order valence-electron chi connectivity index (χ3n) is 3.53. The van der Waals surface area contributed by atoms with Gasteiger partial charge in [0.2, 0.25) is 5.91 Å². The van der Waals surface area contributed by atoms with Crippen molar-refractivity contribution in [3.63, 3.8) is 0 Å². The highest BCUT2D eigenvalue weighted by Crippen LogP contribution is 2.19. The average molecular weight is 242 g/mol. The molecule has 1 amide bonds. The molecule has 2 atom stereocenters. The number of hydrogen-bond acceptors (Lipinski definition) is 3. The molecule has 17 heavy (non-hydrogen) atoms. The van der Waals surface area contributed by atoms with Crippen molar-refractivity contribution in [1.82, 2.24) is 5.32 Å². The van der Waals surface area contributed by atoms with Gasteiger partial charge in [-0.3, -0.25) is 4.79 Å². The lowest BCUT2D eigenvalue weighted by Gasteiger charge is -2.28. The van der Waals surface area contributed by atoms with Gasteiger partial charge < -0.3 is 15.8 Å². The minimum Gasteiger partial charge on any atom is -0.367 e. The van der Waals surface area contributed by atoms with Crippen LogP contribution in [0.4, 0.5) is 0 Å². The third kappa shape index (κ3) is 5.04. The molecule has 0 aromatic carbocycles. The minimum absolute atomic E-state index is 0.0172. The standard InChI is InChI=1S/C13H26N2O2/c1-3-10(4-2)15-13(16)9-17-12-8-6-5-7-11(12)14/h10-12H,3-9,14H2,1-2H3,(H,15,16). The highest BCUT2D eigenvalue weighted by molar-refractivity contribution is 5.77. The predicted octanol–water partition coefficient (Wildman–Crippen LogP) is 1.58. The van der Waals surface area contributed by atoms with Crippen LogP contribution >= 0.6 is 0 Å². The summed E-state index contributed by atoms with van der Waals surface area (Å²) in [5.41, 5.74) is 5.96.